The number of aromatic nitrogens is 3. The Kier molecular flexibility index (Phi) is 2.44. The van der Waals surface area contributed by atoms with Crippen LogP contribution in [0.4, 0.5) is 11.9 Å². The first-order valence-electron chi connectivity index (χ1n) is 4.85. The highest BCUT2D eigenvalue weighted by atomic mass is 16.2. The summed E-state index contributed by atoms with van der Waals surface area (Å²) in [6.45, 7) is 2.14. The smallest absolute Gasteiger partial charge is 0.237 e. The van der Waals surface area contributed by atoms with Crippen LogP contribution in [0.25, 0.3) is 0 Å². The standard InChI is InChI=1S/C10H11N5O/c1-3-7-4-8(16)15(5-7)10-13-6(2)12-9(11)14-10/h1,7H,4-5H2,2H3,(H2,11,12,13,14). The molecule has 1 atom stereocenters. The summed E-state index contributed by atoms with van der Waals surface area (Å²) in [6.07, 6.45) is 5.62. The van der Waals surface area contributed by atoms with Crippen molar-refractivity contribution in [3.05, 3.63) is 5.82 Å². The molecule has 0 aliphatic carbocycles. The van der Waals surface area contributed by atoms with Crippen molar-refractivity contribution in [2.45, 2.75) is 13.3 Å². The molecular weight excluding hydrogens is 206 g/mol. The Bertz CT molecular complexity index is 458. The fourth-order valence-electron chi connectivity index (χ4n) is 1.62. The molecule has 2 heterocycles. The molecule has 82 valence electrons. The molecular formula is C10H11N5O. The van der Waals surface area contributed by atoms with Gasteiger partial charge in [-0.3, -0.25) is 9.69 Å². The van der Waals surface area contributed by atoms with E-state index in [0.29, 0.717) is 18.8 Å². The molecule has 2 N–H and O–H groups in total. The number of hydrogen-bond acceptors (Lipinski definition) is 5. The molecule has 0 bridgehead atoms. The van der Waals surface area contributed by atoms with Gasteiger partial charge in [0.2, 0.25) is 17.8 Å². The number of nitrogens with two attached hydrogens (primary N) is 1. The maximum absolute atomic E-state index is 11.7. The lowest BCUT2D eigenvalue weighted by molar-refractivity contribution is -0.117. The Morgan fingerprint density at radius 3 is 2.81 bits per heavy atom. The fraction of sp³-hybridized carbons (Fsp3) is 0.400. The van der Waals surface area contributed by atoms with Crippen LogP contribution < -0.4 is 10.6 Å². The summed E-state index contributed by atoms with van der Waals surface area (Å²) in [6, 6.07) is 0. The van der Waals surface area contributed by atoms with E-state index in [9.17, 15) is 4.79 Å². The quantitative estimate of drug-likeness (QED) is 0.655. The first kappa shape index (κ1) is 10.4. The summed E-state index contributed by atoms with van der Waals surface area (Å²) in [5.74, 6) is 3.29. The number of aryl methyl sites for hydroxylation is 1. The van der Waals surface area contributed by atoms with Gasteiger partial charge in [0.25, 0.3) is 0 Å². The van der Waals surface area contributed by atoms with Gasteiger partial charge in [-0.05, 0) is 6.92 Å². The van der Waals surface area contributed by atoms with E-state index in [2.05, 4.69) is 20.9 Å². The summed E-state index contributed by atoms with van der Waals surface area (Å²) >= 11 is 0. The van der Waals surface area contributed by atoms with Gasteiger partial charge in [-0.2, -0.15) is 15.0 Å². The lowest BCUT2D eigenvalue weighted by atomic mass is 10.1. The third-order valence-electron chi connectivity index (χ3n) is 2.35. The molecule has 1 saturated heterocycles. The minimum absolute atomic E-state index is 0.0760. The van der Waals surface area contributed by atoms with E-state index in [0.717, 1.165) is 0 Å². The van der Waals surface area contributed by atoms with Gasteiger partial charge in [0, 0.05) is 18.9 Å². The fourth-order valence-corrected chi connectivity index (χ4v) is 1.62. The normalized spacial score (nSPS) is 19.9. The van der Waals surface area contributed by atoms with Crippen LogP contribution in [0.5, 0.6) is 0 Å². The first-order valence-corrected chi connectivity index (χ1v) is 4.85. The second-order valence-electron chi connectivity index (χ2n) is 3.61. The number of nitrogens with zero attached hydrogens (tertiary/aromatic N) is 4. The Hall–Kier alpha value is -2.16. The van der Waals surface area contributed by atoms with Gasteiger partial charge in [-0.15, -0.1) is 12.3 Å². The summed E-state index contributed by atoms with van der Waals surface area (Å²) in [5, 5.41) is 0. The number of nitrogen functional groups attached to an aromatic ring is 1. The van der Waals surface area contributed by atoms with Crippen LogP contribution in [0.3, 0.4) is 0 Å². The van der Waals surface area contributed by atoms with E-state index in [-0.39, 0.29) is 23.7 Å². The molecule has 1 unspecified atom stereocenters. The lowest BCUT2D eigenvalue weighted by Crippen LogP contribution is -2.27. The van der Waals surface area contributed by atoms with Crippen LogP contribution in [-0.2, 0) is 4.79 Å². The summed E-state index contributed by atoms with van der Waals surface area (Å²) in [5.41, 5.74) is 5.50. The Labute approximate surface area is 92.9 Å². The predicted molar refractivity (Wildman–Crippen MR) is 58.3 cm³/mol. The van der Waals surface area contributed by atoms with E-state index < -0.39 is 0 Å². The molecule has 0 radical (unpaired) electrons. The molecule has 0 aromatic carbocycles. The molecule has 2 rings (SSSR count). The van der Waals surface area contributed by atoms with Crippen LogP contribution >= 0.6 is 0 Å². The number of rotatable bonds is 1. The van der Waals surface area contributed by atoms with Crippen molar-refractivity contribution in [2.75, 3.05) is 17.2 Å². The first-order chi connectivity index (χ1) is 7.60. The number of carbonyl (C=O) groups is 1. The second kappa shape index (κ2) is 3.77. The predicted octanol–water partition coefficient (Wildman–Crippen LogP) is -0.252. The third-order valence-corrected chi connectivity index (χ3v) is 2.35. The van der Waals surface area contributed by atoms with Gasteiger partial charge in [0.1, 0.15) is 5.82 Å². The van der Waals surface area contributed by atoms with Crippen LogP contribution in [0.15, 0.2) is 0 Å². The molecule has 16 heavy (non-hydrogen) atoms. The van der Waals surface area contributed by atoms with Crippen molar-refractivity contribution in [3.63, 3.8) is 0 Å². The molecule has 1 aromatic rings. The number of carbonyl (C=O) groups excluding carboxylic acids is 1. The van der Waals surface area contributed by atoms with Crippen molar-refractivity contribution < 1.29 is 4.79 Å². The zero-order chi connectivity index (χ0) is 11.7. The van der Waals surface area contributed by atoms with Crippen LogP contribution in [-0.4, -0.2) is 27.4 Å². The van der Waals surface area contributed by atoms with E-state index in [4.69, 9.17) is 12.2 Å². The number of terminal acetylenes is 1. The van der Waals surface area contributed by atoms with Gasteiger partial charge in [-0.25, -0.2) is 0 Å². The van der Waals surface area contributed by atoms with Gasteiger partial charge in [-0.1, -0.05) is 0 Å². The topological polar surface area (TPSA) is 85.0 Å². The van der Waals surface area contributed by atoms with Crippen LogP contribution in [0, 0.1) is 25.2 Å². The van der Waals surface area contributed by atoms with Crippen molar-refractivity contribution in [1.29, 1.82) is 0 Å². The highest BCUT2D eigenvalue weighted by Gasteiger charge is 2.31. The molecule has 1 fully saturated rings. The average Bonchev–Trinajstić information content (AvgIpc) is 2.58. The molecule has 1 aliphatic heterocycles. The molecule has 1 aromatic heterocycles. The minimum atomic E-state index is -0.0780. The minimum Gasteiger partial charge on any atom is -0.368 e. The van der Waals surface area contributed by atoms with E-state index in [1.165, 1.54) is 4.90 Å². The highest BCUT2D eigenvalue weighted by Crippen LogP contribution is 2.21. The average molecular weight is 217 g/mol. The van der Waals surface area contributed by atoms with Crippen molar-refractivity contribution in [2.24, 2.45) is 5.92 Å². The molecule has 0 saturated carbocycles. The molecule has 0 spiro atoms. The maximum Gasteiger partial charge on any atom is 0.237 e. The largest absolute Gasteiger partial charge is 0.368 e. The van der Waals surface area contributed by atoms with Gasteiger partial charge in [0.15, 0.2) is 0 Å². The Balaban J connectivity index is 2.32. The van der Waals surface area contributed by atoms with E-state index in [1.807, 2.05) is 0 Å². The molecule has 1 amide bonds. The van der Waals surface area contributed by atoms with Gasteiger partial charge >= 0.3 is 0 Å². The maximum atomic E-state index is 11.7. The second-order valence-corrected chi connectivity index (χ2v) is 3.61. The SMILES string of the molecule is C#CC1CC(=O)N(c2nc(C)nc(N)n2)C1. The zero-order valence-electron chi connectivity index (χ0n) is 8.84. The molecule has 6 nitrogen and oxygen atoms in total. The zero-order valence-corrected chi connectivity index (χ0v) is 8.84. The monoisotopic (exact) mass is 217 g/mol. The van der Waals surface area contributed by atoms with E-state index >= 15 is 0 Å². The summed E-state index contributed by atoms with van der Waals surface area (Å²) in [4.78, 5) is 25.0. The van der Waals surface area contributed by atoms with Gasteiger partial charge < -0.3 is 5.73 Å². The van der Waals surface area contributed by atoms with Gasteiger partial charge in [0.05, 0.1) is 0 Å². The number of anilines is 2. The van der Waals surface area contributed by atoms with Crippen LogP contribution in [0.2, 0.25) is 0 Å². The van der Waals surface area contributed by atoms with Crippen molar-refractivity contribution >= 4 is 17.8 Å². The van der Waals surface area contributed by atoms with Crippen molar-refractivity contribution in [3.8, 4) is 12.3 Å². The van der Waals surface area contributed by atoms with Crippen molar-refractivity contribution in [1.82, 2.24) is 15.0 Å². The highest BCUT2D eigenvalue weighted by molar-refractivity contribution is 5.94. The molecule has 6 heteroatoms. The Morgan fingerprint density at radius 2 is 2.25 bits per heavy atom. The number of amides is 1. The van der Waals surface area contributed by atoms with Crippen LogP contribution in [0.1, 0.15) is 12.2 Å². The summed E-state index contributed by atoms with van der Waals surface area (Å²) < 4.78 is 0. The van der Waals surface area contributed by atoms with E-state index in [1.54, 1.807) is 6.92 Å². The third kappa shape index (κ3) is 1.80. The number of hydrogen-bond donors (Lipinski definition) is 1. The lowest BCUT2D eigenvalue weighted by Gasteiger charge is -2.13. The summed E-state index contributed by atoms with van der Waals surface area (Å²) in [7, 11) is 0. The Morgan fingerprint density at radius 1 is 1.50 bits per heavy atom. The molecule has 1 aliphatic rings.